The van der Waals surface area contributed by atoms with Crippen LogP contribution in [0.2, 0.25) is 0 Å². The lowest BCUT2D eigenvalue weighted by Gasteiger charge is -2.23. The molecule has 0 aliphatic heterocycles. The first-order valence-electron chi connectivity index (χ1n) is 8.21. The van der Waals surface area contributed by atoms with Crippen LogP contribution in [0.4, 0.5) is 5.69 Å². The second-order valence-electron chi connectivity index (χ2n) is 6.03. The lowest BCUT2D eigenvalue weighted by molar-refractivity contribution is 0.0458. The molecule has 0 aliphatic carbocycles. The van der Waals surface area contributed by atoms with E-state index in [9.17, 15) is 13.2 Å². The second kappa shape index (κ2) is 8.16. The van der Waals surface area contributed by atoms with Gasteiger partial charge in [0.25, 0.3) is 10.0 Å². The molecule has 0 aliphatic rings. The first-order chi connectivity index (χ1) is 11.9. The summed E-state index contributed by atoms with van der Waals surface area (Å²) in [5, 5.41) is 0. The van der Waals surface area contributed by atoms with Gasteiger partial charge in [-0.05, 0) is 43.2 Å². The molecule has 5 nitrogen and oxygen atoms in total. The predicted molar refractivity (Wildman–Crippen MR) is 98.2 cm³/mol. The van der Waals surface area contributed by atoms with Gasteiger partial charge in [0.05, 0.1) is 22.8 Å². The number of carbonyl (C=O) groups excluding carboxylic acids is 1. The molecule has 0 aromatic heterocycles. The third kappa shape index (κ3) is 4.60. The highest BCUT2D eigenvalue weighted by Crippen LogP contribution is 2.24. The van der Waals surface area contributed by atoms with Crippen molar-refractivity contribution in [3.8, 4) is 0 Å². The average Bonchev–Trinajstić information content (AvgIpc) is 2.61. The van der Waals surface area contributed by atoms with Gasteiger partial charge in [-0.1, -0.05) is 38.1 Å². The van der Waals surface area contributed by atoms with Gasteiger partial charge in [-0.25, -0.2) is 13.2 Å². The van der Waals surface area contributed by atoms with Crippen molar-refractivity contribution in [1.29, 1.82) is 0 Å². The summed E-state index contributed by atoms with van der Waals surface area (Å²) < 4.78 is 32.4. The Balaban J connectivity index is 2.33. The molecule has 6 heteroatoms. The van der Waals surface area contributed by atoms with Crippen LogP contribution in [0.15, 0.2) is 59.5 Å². The Labute approximate surface area is 149 Å². The van der Waals surface area contributed by atoms with Gasteiger partial charge >= 0.3 is 5.97 Å². The highest BCUT2D eigenvalue weighted by molar-refractivity contribution is 7.92. The summed E-state index contributed by atoms with van der Waals surface area (Å²) in [6, 6.07) is 14.8. The topological polar surface area (TPSA) is 63.7 Å². The molecule has 0 atom stereocenters. The third-order valence-electron chi connectivity index (χ3n) is 3.54. The van der Waals surface area contributed by atoms with E-state index in [1.165, 1.54) is 16.4 Å². The Kier molecular flexibility index (Phi) is 6.20. The molecule has 0 radical (unpaired) electrons. The van der Waals surface area contributed by atoms with Gasteiger partial charge in [0.15, 0.2) is 0 Å². The van der Waals surface area contributed by atoms with Crippen LogP contribution < -0.4 is 4.31 Å². The molecule has 2 aromatic rings. The number of hydrogen-bond donors (Lipinski definition) is 0. The van der Waals surface area contributed by atoms with Crippen molar-refractivity contribution in [3.05, 3.63) is 60.2 Å². The number of carbonyl (C=O) groups is 1. The van der Waals surface area contributed by atoms with Gasteiger partial charge in [-0.15, -0.1) is 0 Å². The number of anilines is 1. The minimum absolute atomic E-state index is 0.0669. The first-order valence-corrected chi connectivity index (χ1v) is 9.65. The summed E-state index contributed by atoms with van der Waals surface area (Å²) in [7, 11) is -3.77. The average molecular weight is 361 g/mol. The number of ether oxygens (including phenoxy) is 1. The van der Waals surface area contributed by atoms with Gasteiger partial charge < -0.3 is 4.74 Å². The zero-order chi connectivity index (χ0) is 18.4. The molecule has 0 amide bonds. The molecule has 134 valence electrons. The molecule has 0 saturated heterocycles. The number of sulfonamides is 1. The van der Waals surface area contributed by atoms with Crippen LogP contribution in [0.3, 0.4) is 0 Å². The summed E-state index contributed by atoms with van der Waals surface area (Å²) in [4.78, 5) is 12.2. The van der Waals surface area contributed by atoms with E-state index in [1.807, 2.05) is 19.9 Å². The predicted octanol–water partition coefficient (Wildman–Crippen LogP) is 3.71. The van der Waals surface area contributed by atoms with Crippen molar-refractivity contribution in [2.75, 3.05) is 17.5 Å². The van der Waals surface area contributed by atoms with Crippen molar-refractivity contribution >= 4 is 21.7 Å². The molecular weight excluding hydrogens is 338 g/mol. The zero-order valence-corrected chi connectivity index (χ0v) is 15.5. The van der Waals surface area contributed by atoms with E-state index >= 15 is 0 Å². The monoisotopic (exact) mass is 361 g/mol. The second-order valence-corrected chi connectivity index (χ2v) is 7.89. The molecule has 0 heterocycles. The van der Waals surface area contributed by atoms with Crippen molar-refractivity contribution < 1.29 is 17.9 Å². The fourth-order valence-corrected chi connectivity index (χ4v) is 3.84. The van der Waals surface area contributed by atoms with Crippen molar-refractivity contribution in [2.45, 2.75) is 25.7 Å². The van der Waals surface area contributed by atoms with Crippen molar-refractivity contribution in [3.63, 3.8) is 0 Å². The number of esters is 1. The lowest BCUT2D eigenvalue weighted by atomic mass is 10.2. The maximum absolute atomic E-state index is 13.0. The molecule has 0 fully saturated rings. The highest BCUT2D eigenvalue weighted by atomic mass is 32.2. The Morgan fingerprint density at radius 3 is 2.36 bits per heavy atom. The Morgan fingerprint density at radius 1 is 1.08 bits per heavy atom. The third-order valence-corrected chi connectivity index (χ3v) is 5.44. The fraction of sp³-hybridized carbons (Fsp3) is 0.316. The Morgan fingerprint density at radius 2 is 1.76 bits per heavy atom. The minimum Gasteiger partial charge on any atom is -0.462 e. The van der Waals surface area contributed by atoms with Gasteiger partial charge in [0.1, 0.15) is 0 Å². The highest BCUT2D eigenvalue weighted by Gasteiger charge is 2.24. The van der Waals surface area contributed by atoms with Crippen LogP contribution in [0.5, 0.6) is 0 Å². The molecule has 0 bridgehead atoms. The van der Waals surface area contributed by atoms with Gasteiger partial charge in [-0.3, -0.25) is 4.31 Å². The molecule has 0 unspecified atom stereocenters. The summed E-state index contributed by atoms with van der Waals surface area (Å²) in [6.07, 6.45) is 0. The number of benzene rings is 2. The van der Waals surface area contributed by atoms with Gasteiger partial charge in [0, 0.05) is 6.54 Å². The SMILES string of the molecule is CCN(c1ccccc1)S(=O)(=O)c1cccc(C(=O)OCC(C)C)c1. The standard InChI is InChI=1S/C19H23NO4S/c1-4-20(17-10-6-5-7-11-17)25(22,23)18-12-8-9-16(13-18)19(21)24-14-15(2)3/h5-13,15H,4,14H2,1-3H3. The molecule has 25 heavy (non-hydrogen) atoms. The summed E-state index contributed by atoms with van der Waals surface area (Å²) >= 11 is 0. The van der Waals surface area contributed by atoms with E-state index in [0.717, 1.165) is 0 Å². The Bertz CT molecular complexity index is 816. The van der Waals surface area contributed by atoms with Crippen molar-refractivity contribution in [2.24, 2.45) is 5.92 Å². The molecule has 0 spiro atoms. The van der Waals surface area contributed by atoms with E-state index in [4.69, 9.17) is 4.74 Å². The van der Waals surface area contributed by atoms with Crippen molar-refractivity contribution in [1.82, 2.24) is 0 Å². The van der Waals surface area contributed by atoms with Crippen LogP contribution in [-0.2, 0) is 14.8 Å². The smallest absolute Gasteiger partial charge is 0.338 e. The summed E-state index contributed by atoms with van der Waals surface area (Å²) in [5.41, 5.74) is 0.809. The van der Waals surface area contributed by atoms with Gasteiger partial charge in [0.2, 0.25) is 0 Å². The quantitative estimate of drug-likeness (QED) is 0.705. The maximum Gasteiger partial charge on any atom is 0.338 e. The number of hydrogen-bond acceptors (Lipinski definition) is 4. The van der Waals surface area contributed by atoms with Crippen LogP contribution >= 0.6 is 0 Å². The maximum atomic E-state index is 13.0. The number of rotatable bonds is 7. The molecule has 0 saturated carbocycles. The van der Waals surface area contributed by atoms with Crippen LogP contribution in [0.25, 0.3) is 0 Å². The van der Waals surface area contributed by atoms with Crippen LogP contribution in [0.1, 0.15) is 31.1 Å². The summed E-state index contributed by atoms with van der Waals surface area (Å²) in [6.45, 7) is 6.22. The van der Waals surface area contributed by atoms with E-state index in [2.05, 4.69) is 0 Å². The zero-order valence-electron chi connectivity index (χ0n) is 14.7. The van der Waals surface area contributed by atoms with E-state index in [-0.39, 0.29) is 22.9 Å². The Hall–Kier alpha value is -2.34. The first kappa shape index (κ1) is 19.0. The molecule has 2 aromatic carbocycles. The van der Waals surface area contributed by atoms with Crippen LogP contribution in [-0.4, -0.2) is 27.5 Å². The number of nitrogens with zero attached hydrogens (tertiary/aromatic N) is 1. The van der Waals surface area contributed by atoms with Gasteiger partial charge in [-0.2, -0.15) is 0 Å². The number of para-hydroxylation sites is 1. The molecule has 0 N–H and O–H groups in total. The largest absolute Gasteiger partial charge is 0.462 e. The molecular formula is C19H23NO4S. The summed E-state index contributed by atoms with van der Waals surface area (Å²) in [5.74, 6) is -0.307. The van der Waals surface area contributed by atoms with Crippen LogP contribution in [0, 0.1) is 5.92 Å². The molecule has 2 rings (SSSR count). The van der Waals surface area contributed by atoms with E-state index in [0.29, 0.717) is 12.3 Å². The minimum atomic E-state index is -3.77. The lowest BCUT2D eigenvalue weighted by Crippen LogP contribution is -2.30. The van der Waals surface area contributed by atoms with E-state index < -0.39 is 16.0 Å². The van der Waals surface area contributed by atoms with E-state index in [1.54, 1.807) is 43.3 Å². The normalized spacial score (nSPS) is 11.4. The fourth-order valence-electron chi connectivity index (χ4n) is 2.32.